The van der Waals surface area contributed by atoms with E-state index in [2.05, 4.69) is 12.0 Å². The quantitative estimate of drug-likeness (QED) is 0.314. The topological polar surface area (TPSA) is 111 Å². The van der Waals surface area contributed by atoms with Gasteiger partial charge in [-0.3, -0.25) is 4.79 Å². The van der Waals surface area contributed by atoms with Gasteiger partial charge in [-0.15, -0.1) is 0 Å². The molecule has 1 aromatic heterocycles. The van der Waals surface area contributed by atoms with Crippen molar-refractivity contribution >= 4 is 33.3 Å². The summed E-state index contributed by atoms with van der Waals surface area (Å²) in [6, 6.07) is 13.4. The Kier molecular flexibility index (Phi) is 8.61. The molecule has 3 aromatic rings. The van der Waals surface area contributed by atoms with Gasteiger partial charge < -0.3 is 14.4 Å². The van der Waals surface area contributed by atoms with Crippen LogP contribution in [0.5, 0.6) is 5.75 Å². The molecule has 2 fully saturated rings. The molecule has 2 aromatic carbocycles. The van der Waals surface area contributed by atoms with Crippen LogP contribution in [0, 0.1) is 5.41 Å². The molecule has 0 amide bonds. The number of esters is 1. The maximum atomic E-state index is 13.6. The fourth-order valence-corrected chi connectivity index (χ4v) is 6.51. The van der Waals surface area contributed by atoms with Crippen LogP contribution in [-0.4, -0.2) is 66.9 Å². The third-order valence-corrected chi connectivity index (χ3v) is 9.60. The minimum absolute atomic E-state index is 0.0431. The van der Waals surface area contributed by atoms with Gasteiger partial charge in [-0.25, -0.2) is 13.2 Å². The van der Waals surface area contributed by atoms with E-state index in [1.807, 2.05) is 4.90 Å². The summed E-state index contributed by atoms with van der Waals surface area (Å²) in [5.41, 5.74) is 0.859. The summed E-state index contributed by atoms with van der Waals surface area (Å²) in [6.45, 7) is 9.03. The first-order valence-electron chi connectivity index (χ1n) is 14.3. The van der Waals surface area contributed by atoms with Crippen LogP contribution in [0.4, 0.5) is 5.69 Å². The zero-order valence-corrected chi connectivity index (χ0v) is 26.4. The van der Waals surface area contributed by atoms with Gasteiger partial charge in [0.15, 0.2) is 0 Å². The van der Waals surface area contributed by atoms with E-state index >= 15 is 0 Å². The summed E-state index contributed by atoms with van der Waals surface area (Å²) in [6.07, 6.45) is 3.67. The van der Waals surface area contributed by atoms with Gasteiger partial charge in [0, 0.05) is 36.6 Å². The number of benzene rings is 2. The summed E-state index contributed by atoms with van der Waals surface area (Å²) >= 11 is 6.16. The molecule has 230 valence electrons. The molecule has 0 bridgehead atoms. The summed E-state index contributed by atoms with van der Waals surface area (Å²) in [5.74, 6) is -0.549. The zero-order chi connectivity index (χ0) is 31.0. The molecule has 1 saturated carbocycles. The minimum Gasteiger partial charge on any atom is -0.486 e. The van der Waals surface area contributed by atoms with Crippen LogP contribution in [0.1, 0.15) is 56.5 Å². The Morgan fingerprint density at radius 3 is 2.40 bits per heavy atom. The maximum Gasteiger partial charge on any atom is 0.338 e. The van der Waals surface area contributed by atoms with Crippen molar-refractivity contribution in [2.24, 2.45) is 5.41 Å². The van der Waals surface area contributed by atoms with Crippen molar-refractivity contribution in [3.05, 3.63) is 81.2 Å². The van der Waals surface area contributed by atoms with E-state index in [-0.39, 0.29) is 30.0 Å². The first-order chi connectivity index (χ1) is 20.2. The molecule has 0 unspecified atom stereocenters. The largest absolute Gasteiger partial charge is 0.486 e. The number of aromatic nitrogens is 2. The van der Waals surface area contributed by atoms with Crippen LogP contribution in [0.25, 0.3) is 5.69 Å². The van der Waals surface area contributed by atoms with E-state index in [0.717, 1.165) is 12.8 Å². The minimum atomic E-state index is -3.68. The van der Waals surface area contributed by atoms with Crippen LogP contribution in [-0.2, 0) is 20.5 Å². The molecular formula is C31H37ClN4O6S. The molecule has 0 spiro atoms. The summed E-state index contributed by atoms with van der Waals surface area (Å²) in [7, 11) is -3.68. The molecule has 1 aliphatic heterocycles. The van der Waals surface area contributed by atoms with Gasteiger partial charge >= 0.3 is 11.5 Å². The Bertz CT molecular complexity index is 1670. The highest BCUT2D eigenvalue weighted by atomic mass is 35.5. The molecule has 12 heteroatoms. The molecule has 0 atom stereocenters. The van der Waals surface area contributed by atoms with Crippen molar-refractivity contribution in [2.75, 3.05) is 37.7 Å². The SMILES string of the molecule is CC1(COc2c(N3CCN(S(=O)(=O)Cc4cccc(C(=O)OC(C)(C)C)c4)CC3)cnn(-c3cccc(Cl)c3)c2=O)CC1. The van der Waals surface area contributed by atoms with Crippen molar-refractivity contribution in [3.8, 4) is 11.4 Å². The first kappa shape index (κ1) is 31.0. The van der Waals surface area contributed by atoms with Crippen LogP contribution < -0.4 is 15.2 Å². The Morgan fingerprint density at radius 2 is 1.74 bits per heavy atom. The van der Waals surface area contributed by atoms with Crippen LogP contribution in [0.3, 0.4) is 0 Å². The van der Waals surface area contributed by atoms with E-state index in [0.29, 0.717) is 47.2 Å². The van der Waals surface area contributed by atoms with Gasteiger partial charge in [0.2, 0.25) is 15.8 Å². The number of ether oxygens (including phenoxy) is 2. The second kappa shape index (κ2) is 11.9. The number of carbonyl (C=O) groups excluding carboxylic acids is 1. The van der Waals surface area contributed by atoms with Crippen LogP contribution in [0.2, 0.25) is 5.02 Å². The molecular weight excluding hydrogens is 592 g/mol. The van der Waals surface area contributed by atoms with Crippen molar-refractivity contribution in [3.63, 3.8) is 0 Å². The number of piperazine rings is 1. The van der Waals surface area contributed by atoms with Crippen molar-refractivity contribution in [1.29, 1.82) is 0 Å². The number of halogens is 1. The average Bonchev–Trinajstić information content (AvgIpc) is 3.68. The molecule has 5 rings (SSSR count). The van der Waals surface area contributed by atoms with Gasteiger partial charge in [-0.2, -0.15) is 14.1 Å². The molecule has 43 heavy (non-hydrogen) atoms. The van der Waals surface area contributed by atoms with Gasteiger partial charge in [-0.1, -0.05) is 36.7 Å². The Balaban J connectivity index is 1.31. The predicted molar refractivity (Wildman–Crippen MR) is 166 cm³/mol. The van der Waals surface area contributed by atoms with Gasteiger partial charge in [0.05, 0.1) is 29.8 Å². The highest BCUT2D eigenvalue weighted by Crippen LogP contribution is 2.45. The Labute approximate surface area is 257 Å². The number of rotatable bonds is 9. The lowest BCUT2D eigenvalue weighted by Crippen LogP contribution is -2.49. The van der Waals surface area contributed by atoms with E-state index < -0.39 is 27.2 Å². The molecule has 0 N–H and O–H groups in total. The fraction of sp³-hybridized carbons (Fsp3) is 0.452. The average molecular weight is 629 g/mol. The zero-order valence-electron chi connectivity index (χ0n) is 24.9. The molecule has 10 nitrogen and oxygen atoms in total. The highest BCUT2D eigenvalue weighted by molar-refractivity contribution is 7.88. The molecule has 1 aliphatic carbocycles. The summed E-state index contributed by atoms with van der Waals surface area (Å²) < 4.78 is 41.0. The van der Waals surface area contributed by atoms with E-state index in [1.54, 1.807) is 75.5 Å². The van der Waals surface area contributed by atoms with Crippen molar-refractivity contribution in [1.82, 2.24) is 14.1 Å². The van der Waals surface area contributed by atoms with Gasteiger partial charge in [0.1, 0.15) is 11.3 Å². The highest BCUT2D eigenvalue weighted by Gasteiger charge is 2.39. The Hall–Kier alpha value is -3.41. The molecule has 1 saturated heterocycles. The third-order valence-electron chi connectivity index (χ3n) is 7.52. The van der Waals surface area contributed by atoms with E-state index in [4.69, 9.17) is 21.1 Å². The molecule has 2 aliphatic rings. The Morgan fingerprint density at radius 1 is 1.05 bits per heavy atom. The number of hydrogen-bond donors (Lipinski definition) is 0. The summed E-state index contributed by atoms with van der Waals surface area (Å²) in [5, 5.41) is 4.89. The second-order valence-corrected chi connectivity index (χ2v) is 14.9. The maximum absolute atomic E-state index is 13.6. The lowest BCUT2D eigenvalue weighted by Gasteiger charge is -2.35. The summed E-state index contributed by atoms with van der Waals surface area (Å²) in [4.78, 5) is 28.1. The lowest BCUT2D eigenvalue weighted by atomic mass is 10.1. The second-order valence-electron chi connectivity index (χ2n) is 12.5. The van der Waals surface area contributed by atoms with Crippen molar-refractivity contribution in [2.45, 2.75) is 51.9 Å². The molecule has 2 heterocycles. The van der Waals surface area contributed by atoms with Crippen LogP contribution in [0.15, 0.2) is 59.5 Å². The lowest BCUT2D eigenvalue weighted by molar-refractivity contribution is 0.00693. The van der Waals surface area contributed by atoms with E-state index in [9.17, 15) is 18.0 Å². The van der Waals surface area contributed by atoms with Gasteiger partial charge in [0.25, 0.3) is 0 Å². The monoisotopic (exact) mass is 628 g/mol. The van der Waals surface area contributed by atoms with Gasteiger partial charge in [-0.05, 0) is 69.5 Å². The van der Waals surface area contributed by atoms with Crippen molar-refractivity contribution < 1.29 is 22.7 Å². The number of nitrogens with zero attached hydrogens (tertiary/aromatic N) is 4. The fourth-order valence-electron chi connectivity index (χ4n) is 4.82. The van der Waals surface area contributed by atoms with E-state index in [1.165, 1.54) is 8.99 Å². The van der Waals surface area contributed by atoms with Crippen LogP contribution >= 0.6 is 11.6 Å². The predicted octanol–water partition coefficient (Wildman–Crippen LogP) is 4.67. The third kappa shape index (κ3) is 7.57. The standard InChI is InChI=1S/C31H37ClN4O6S/c1-30(2,3)42-29(38)23-8-5-7-22(17-23)20-43(39,40)35-15-13-34(14-16-35)26-19-33-36(25-10-6-9-24(32)18-25)28(37)27(26)41-21-31(4)11-12-31/h5-10,17-19H,11-16,20-21H2,1-4H3. The first-order valence-corrected chi connectivity index (χ1v) is 16.3. The smallest absolute Gasteiger partial charge is 0.338 e. The number of hydrogen-bond acceptors (Lipinski definition) is 8. The molecule has 0 radical (unpaired) electrons. The number of sulfonamides is 1. The normalized spacial score (nSPS) is 17.0. The number of carbonyl (C=O) groups is 1. The number of anilines is 1.